The lowest BCUT2D eigenvalue weighted by atomic mass is 10.2. The van der Waals surface area contributed by atoms with Crippen molar-refractivity contribution >= 4 is 5.69 Å². The van der Waals surface area contributed by atoms with E-state index in [4.69, 9.17) is 4.74 Å². The molecule has 0 aliphatic carbocycles. The van der Waals surface area contributed by atoms with Gasteiger partial charge in [-0.05, 0) is 32.9 Å². The maximum absolute atomic E-state index is 5.29. The van der Waals surface area contributed by atoms with E-state index in [1.807, 2.05) is 6.92 Å². The van der Waals surface area contributed by atoms with Crippen molar-refractivity contribution in [3.05, 3.63) is 29.8 Å². The predicted octanol–water partition coefficient (Wildman–Crippen LogP) is 2.45. The number of ether oxygens (including phenoxy) is 1. The molecule has 0 unspecified atom stereocenters. The van der Waals surface area contributed by atoms with Gasteiger partial charge in [-0.3, -0.25) is 0 Å². The first-order chi connectivity index (χ1) is 8.77. The Kier molecular flexibility index (Phi) is 7.46. The summed E-state index contributed by atoms with van der Waals surface area (Å²) in [5.41, 5.74) is 2.61. The summed E-state index contributed by atoms with van der Waals surface area (Å²) >= 11 is 0. The first-order valence-corrected chi connectivity index (χ1v) is 6.88. The van der Waals surface area contributed by atoms with Crippen molar-refractivity contribution in [1.82, 2.24) is 5.32 Å². The van der Waals surface area contributed by atoms with Crippen LogP contribution in [0.5, 0.6) is 0 Å². The lowest BCUT2D eigenvalue weighted by Gasteiger charge is -2.23. The third-order valence-electron chi connectivity index (χ3n) is 2.97. The van der Waals surface area contributed by atoms with Crippen LogP contribution in [-0.4, -0.2) is 39.4 Å². The summed E-state index contributed by atoms with van der Waals surface area (Å²) in [7, 11) is 0. The SMILES string of the molecule is CCOCCNCCN(CC)c1ccc(C)cc1. The van der Waals surface area contributed by atoms with E-state index in [0.29, 0.717) is 0 Å². The predicted molar refractivity (Wildman–Crippen MR) is 78.4 cm³/mol. The molecule has 0 atom stereocenters. The van der Waals surface area contributed by atoms with Crippen LogP contribution in [0.4, 0.5) is 5.69 Å². The molecule has 0 spiro atoms. The summed E-state index contributed by atoms with van der Waals surface area (Å²) in [6.45, 7) is 11.9. The fraction of sp³-hybridized carbons (Fsp3) is 0.600. The summed E-state index contributed by atoms with van der Waals surface area (Å²) in [6.07, 6.45) is 0. The van der Waals surface area contributed by atoms with Gasteiger partial charge in [0, 0.05) is 38.5 Å². The van der Waals surface area contributed by atoms with Crippen molar-refractivity contribution in [2.75, 3.05) is 44.3 Å². The minimum Gasteiger partial charge on any atom is -0.380 e. The molecule has 0 amide bonds. The van der Waals surface area contributed by atoms with E-state index in [2.05, 4.69) is 48.3 Å². The maximum atomic E-state index is 5.29. The molecule has 1 aromatic rings. The van der Waals surface area contributed by atoms with E-state index < -0.39 is 0 Å². The molecule has 1 rings (SSSR count). The molecule has 1 aromatic carbocycles. The lowest BCUT2D eigenvalue weighted by molar-refractivity contribution is 0.149. The monoisotopic (exact) mass is 250 g/mol. The van der Waals surface area contributed by atoms with Crippen molar-refractivity contribution in [3.8, 4) is 0 Å². The summed E-state index contributed by atoms with van der Waals surface area (Å²) in [5, 5.41) is 3.40. The van der Waals surface area contributed by atoms with E-state index in [1.165, 1.54) is 11.3 Å². The Morgan fingerprint density at radius 1 is 1.11 bits per heavy atom. The highest BCUT2D eigenvalue weighted by molar-refractivity contribution is 5.47. The van der Waals surface area contributed by atoms with Crippen molar-refractivity contribution in [3.63, 3.8) is 0 Å². The topological polar surface area (TPSA) is 24.5 Å². The third-order valence-corrected chi connectivity index (χ3v) is 2.97. The Balaban J connectivity index is 2.27. The number of rotatable bonds is 9. The minimum atomic E-state index is 0.798. The summed E-state index contributed by atoms with van der Waals surface area (Å²) in [4.78, 5) is 2.38. The zero-order chi connectivity index (χ0) is 13.2. The number of anilines is 1. The molecule has 0 aliphatic rings. The Morgan fingerprint density at radius 2 is 1.83 bits per heavy atom. The van der Waals surface area contributed by atoms with Crippen LogP contribution >= 0.6 is 0 Å². The molecule has 0 heterocycles. The first kappa shape index (κ1) is 15.0. The van der Waals surface area contributed by atoms with E-state index >= 15 is 0 Å². The zero-order valence-corrected chi connectivity index (χ0v) is 11.9. The zero-order valence-electron chi connectivity index (χ0n) is 11.9. The van der Waals surface area contributed by atoms with Crippen LogP contribution in [0.3, 0.4) is 0 Å². The van der Waals surface area contributed by atoms with Gasteiger partial charge in [-0.25, -0.2) is 0 Å². The number of nitrogens with one attached hydrogen (secondary N) is 1. The molecule has 3 nitrogen and oxygen atoms in total. The molecule has 0 saturated carbocycles. The third kappa shape index (κ3) is 5.52. The normalized spacial score (nSPS) is 10.6. The summed E-state index contributed by atoms with van der Waals surface area (Å²) in [6, 6.07) is 8.72. The summed E-state index contributed by atoms with van der Waals surface area (Å²) < 4.78 is 5.29. The van der Waals surface area contributed by atoms with E-state index in [9.17, 15) is 0 Å². The number of hydrogen-bond donors (Lipinski definition) is 1. The second-order valence-electron chi connectivity index (χ2n) is 4.36. The molecule has 1 N–H and O–H groups in total. The van der Waals surface area contributed by atoms with Crippen molar-refractivity contribution in [1.29, 1.82) is 0 Å². The number of nitrogens with zero attached hydrogens (tertiary/aromatic N) is 1. The molecular weight excluding hydrogens is 224 g/mol. The Labute approximate surface area is 111 Å². The fourth-order valence-corrected chi connectivity index (χ4v) is 1.85. The van der Waals surface area contributed by atoms with Crippen LogP contribution in [0.2, 0.25) is 0 Å². The number of aryl methyl sites for hydroxylation is 1. The van der Waals surface area contributed by atoms with E-state index in [0.717, 1.165) is 39.4 Å². The highest BCUT2D eigenvalue weighted by Crippen LogP contribution is 2.13. The molecule has 0 radical (unpaired) electrons. The van der Waals surface area contributed by atoms with Gasteiger partial charge >= 0.3 is 0 Å². The van der Waals surface area contributed by atoms with Crippen LogP contribution in [-0.2, 0) is 4.74 Å². The Morgan fingerprint density at radius 3 is 2.44 bits per heavy atom. The molecule has 18 heavy (non-hydrogen) atoms. The first-order valence-electron chi connectivity index (χ1n) is 6.88. The smallest absolute Gasteiger partial charge is 0.0590 e. The average Bonchev–Trinajstić information content (AvgIpc) is 2.39. The van der Waals surface area contributed by atoms with Crippen molar-refractivity contribution in [2.45, 2.75) is 20.8 Å². The van der Waals surface area contributed by atoms with Crippen LogP contribution < -0.4 is 10.2 Å². The largest absolute Gasteiger partial charge is 0.380 e. The maximum Gasteiger partial charge on any atom is 0.0590 e. The molecule has 0 saturated heterocycles. The summed E-state index contributed by atoms with van der Waals surface area (Å²) in [5.74, 6) is 0. The molecule has 3 heteroatoms. The fourth-order valence-electron chi connectivity index (χ4n) is 1.85. The van der Waals surface area contributed by atoms with Gasteiger partial charge in [0.2, 0.25) is 0 Å². The van der Waals surface area contributed by atoms with Crippen LogP contribution in [0.1, 0.15) is 19.4 Å². The highest BCUT2D eigenvalue weighted by Gasteiger charge is 2.02. The molecule has 0 aromatic heterocycles. The van der Waals surface area contributed by atoms with Gasteiger partial charge in [-0.1, -0.05) is 17.7 Å². The second-order valence-corrected chi connectivity index (χ2v) is 4.36. The standard InChI is InChI=1S/C15H26N2O/c1-4-17(12-10-16-11-13-18-5-2)15-8-6-14(3)7-9-15/h6-9,16H,4-5,10-13H2,1-3H3. The van der Waals surface area contributed by atoms with E-state index in [-0.39, 0.29) is 0 Å². The van der Waals surface area contributed by atoms with Crippen LogP contribution in [0, 0.1) is 6.92 Å². The quantitative estimate of drug-likeness (QED) is 0.681. The van der Waals surface area contributed by atoms with Gasteiger partial charge in [0.05, 0.1) is 6.61 Å². The Bertz CT molecular complexity index is 311. The number of likely N-dealkylation sites (N-methyl/N-ethyl adjacent to an activating group) is 1. The second kappa shape index (κ2) is 8.95. The van der Waals surface area contributed by atoms with Gasteiger partial charge in [0.15, 0.2) is 0 Å². The minimum absolute atomic E-state index is 0.798. The molecule has 0 bridgehead atoms. The van der Waals surface area contributed by atoms with Gasteiger partial charge in [0.25, 0.3) is 0 Å². The average molecular weight is 250 g/mol. The van der Waals surface area contributed by atoms with E-state index in [1.54, 1.807) is 0 Å². The number of benzene rings is 1. The molecule has 0 fully saturated rings. The van der Waals surface area contributed by atoms with Crippen LogP contribution in [0.15, 0.2) is 24.3 Å². The van der Waals surface area contributed by atoms with Crippen molar-refractivity contribution in [2.24, 2.45) is 0 Å². The lowest BCUT2D eigenvalue weighted by Crippen LogP contribution is -2.33. The molecule has 0 aliphatic heterocycles. The van der Waals surface area contributed by atoms with Crippen LogP contribution in [0.25, 0.3) is 0 Å². The highest BCUT2D eigenvalue weighted by atomic mass is 16.5. The number of hydrogen-bond acceptors (Lipinski definition) is 3. The van der Waals surface area contributed by atoms with Gasteiger partial charge in [-0.15, -0.1) is 0 Å². The molecule has 102 valence electrons. The van der Waals surface area contributed by atoms with Gasteiger partial charge in [-0.2, -0.15) is 0 Å². The van der Waals surface area contributed by atoms with Gasteiger partial charge in [0.1, 0.15) is 0 Å². The Hall–Kier alpha value is -1.06. The van der Waals surface area contributed by atoms with Gasteiger partial charge < -0.3 is 15.0 Å². The van der Waals surface area contributed by atoms with Crippen molar-refractivity contribution < 1.29 is 4.74 Å². The molecular formula is C15H26N2O.